The van der Waals surface area contributed by atoms with Crippen molar-refractivity contribution in [2.75, 3.05) is 7.11 Å². The van der Waals surface area contributed by atoms with Crippen LogP contribution >= 0.6 is 7.26 Å². The highest BCUT2D eigenvalue weighted by molar-refractivity contribution is 7.95. The smallest absolute Gasteiger partial charge is 0.122 e. The molecule has 0 N–H and O–H groups in total. The van der Waals surface area contributed by atoms with E-state index in [1.807, 2.05) is 0 Å². The fourth-order valence-corrected chi connectivity index (χ4v) is 8.46. The van der Waals surface area contributed by atoms with Gasteiger partial charge in [-0.05, 0) is 73.0 Å². The molecule has 30 heavy (non-hydrogen) atoms. The van der Waals surface area contributed by atoms with E-state index in [4.69, 9.17) is 4.74 Å². The minimum absolute atomic E-state index is 0.961. The van der Waals surface area contributed by atoms with E-state index in [1.54, 1.807) is 7.11 Å². The van der Waals surface area contributed by atoms with Crippen LogP contribution < -0.4 is 20.7 Å². The highest BCUT2D eigenvalue weighted by Crippen LogP contribution is 2.58. The number of hydrogen-bond acceptors (Lipinski definition) is 1. The van der Waals surface area contributed by atoms with Crippen LogP contribution in [0.1, 0.15) is 16.7 Å². The minimum atomic E-state index is -1.90. The lowest BCUT2D eigenvalue weighted by Gasteiger charge is -2.28. The minimum Gasteiger partial charge on any atom is -0.496 e. The molecule has 0 amide bonds. The molecule has 0 saturated heterocycles. The third-order valence-electron chi connectivity index (χ3n) is 5.91. The number of benzene rings is 4. The summed E-state index contributed by atoms with van der Waals surface area (Å²) in [5, 5.41) is 4.21. The van der Waals surface area contributed by atoms with Gasteiger partial charge < -0.3 is 4.74 Å². The number of hydrogen-bond donors (Lipinski definition) is 0. The predicted molar refractivity (Wildman–Crippen MR) is 131 cm³/mol. The molecule has 4 rings (SSSR count). The van der Waals surface area contributed by atoms with Crippen molar-refractivity contribution in [3.63, 3.8) is 0 Å². The number of aryl methyl sites for hydroxylation is 1. The van der Waals surface area contributed by atoms with Crippen LogP contribution in [0.15, 0.2) is 103 Å². The van der Waals surface area contributed by atoms with Gasteiger partial charge >= 0.3 is 0 Å². The highest BCUT2D eigenvalue weighted by Gasteiger charge is 2.45. The molecule has 0 aliphatic carbocycles. The van der Waals surface area contributed by atoms with Crippen molar-refractivity contribution in [3.8, 4) is 5.75 Å². The second-order valence-corrected chi connectivity index (χ2v) is 11.2. The first-order valence-electron chi connectivity index (χ1n) is 10.3. The van der Waals surface area contributed by atoms with E-state index in [9.17, 15) is 0 Å². The van der Waals surface area contributed by atoms with E-state index < -0.39 is 7.26 Å². The van der Waals surface area contributed by atoms with Gasteiger partial charge in [0.1, 0.15) is 28.9 Å². The molecule has 0 aliphatic rings. The summed E-state index contributed by atoms with van der Waals surface area (Å²) in [5.74, 6) is 0.970. The average molecular weight is 412 g/mol. The lowest BCUT2D eigenvalue weighted by atomic mass is 10.1. The summed E-state index contributed by atoms with van der Waals surface area (Å²) < 4.78 is 5.71. The zero-order chi connectivity index (χ0) is 21.0. The highest BCUT2D eigenvalue weighted by atomic mass is 31.2. The Morgan fingerprint density at radius 1 is 0.633 bits per heavy atom. The summed E-state index contributed by atoms with van der Waals surface area (Å²) in [4.78, 5) is 0. The number of rotatable bonds is 6. The first-order chi connectivity index (χ1) is 14.6. The summed E-state index contributed by atoms with van der Waals surface area (Å²) in [5.41, 5.74) is 3.81. The van der Waals surface area contributed by atoms with Crippen LogP contribution in [0.4, 0.5) is 0 Å². The molecule has 0 fully saturated rings. The maximum Gasteiger partial charge on any atom is 0.122 e. The number of ether oxygens (including phenoxy) is 1. The van der Waals surface area contributed by atoms with Crippen molar-refractivity contribution in [3.05, 3.63) is 120 Å². The lowest BCUT2D eigenvalue weighted by molar-refractivity contribution is 0.411. The van der Waals surface area contributed by atoms with Crippen molar-refractivity contribution < 1.29 is 4.74 Å². The van der Waals surface area contributed by atoms with Gasteiger partial charge in [-0.1, -0.05) is 60.7 Å². The first kappa shape index (κ1) is 20.4. The van der Waals surface area contributed by atoms with Crippen LogP contribution in [0.5, 0.6) is 5.75 Å². The Kier molecular flexibility index (Phi) is 6.02. The Morgan fingerprint density at radius 2 is 1.07 bits per heavy atom. The van der Waals surface area contributed by atoms with E-state index in [-0.39, 0.29) is 0 Å². The Bertz CT molecular complexity index is 1010. The quantitative estimate of drug-likeness (QED) is 0.364. The van der Waals surface area contributed by atoms with E-state index in [1.165, 1.54) is 32.6 Å². The maximum absolute atomic E-state index is 5.71. The second kappa shape index (κ2) is 8.86. The van der Waals surface area contributed by atoms with Crippen molar-refractivity contribution in [2.24, 2.45) is 0 Å². The van der Waals surface area contributed by atoms with Crippen molar-refractivity contribution in [1.29, 1.82) is 0 Å². The molecule has 0 bridgehead atoms. The Hall–Kier alpha value is -2.89. The molecule has 0 radical (unpaired) electrons. The first-order valence-corrected chi connectivity index (χ1v) is 12.3. The van der Waals surface area contributed by atoms with Crippen LogP contribution in [0.25, 0.3) is 0 Å². The molecule has 0 aromatic heterocycles. The summed E-state index contributed by atoms with van der Waals surface area (Å²) in [7, 11) is -0.133. The van der Waals surface area contributed by atoms with Gasteiger partial charge in [-0.25, -0.2) is 0 Å². The standard InChI is InChI=1S/C28H28OP/c1-22-19-24(20-28(29-3)23(22)2)21-30(25-13-7-4-8-14-25,26-15-9-5-10-16-26)27-17-11-6-12-18-27/h4-20H,21H2,1-3H3/q+1. The molecule has 4 aromatic carbocycles. The van der Waals surface area contributed by atoms with Gasteiger partial charge in [0, 0.05) is 0 Å². The van der Waals surface area contributed by atoms with Gasteiger partial charge in [0.15, 0.2) is 0 Å². The molecule has 1 nitrogen and oxygen atoms in total. The molecule has 0 heterocycles. The Labute approximate surface area is 180 Å². The van der Waals surface area contributed by atoms with Gasteiger partial charge in [0.2, 0.25) is 0 Å². The third-order valence-corrected chi connectivity index (χ3v) is 10.3. The van der Waals surface area contributed by atoms with E-state index in [2.05, 4.69) is 117 Å². The molecule has 0 saturated carbocycles. The van der Waals surface area contributed by atoms with Gasteiger partial charge in [-0.2, -0.15) is 0 Å². The number of methoxy groups -OCH3 is 1. The monoisotopic (exact) mass is 411 g/mol. The molecule has 0 spiro atoms. The van der Waals surface area contributed by atoms with Gasteiger partial charge in [-0.3, -0.25) is 0 Å². The normalized spacial score (nSPS) is 11.3. The van der Waals surface area contributed by atoms with E-state index in [0.29, 0.717) is 0 Å². The molecule has 4 aromatic rings. The van der Waals surface area contributed by atoms with Crippen molar-refractivity contribution in [1.82, 2.24) is 0 Å². The maximum atomic E-state index is 5.71. The molecular formula is C28H28OP+. The summed E-state index contributed by atoms with van der Waals surface area (Å²) in [6.45, 7) is 4.31. The van der Waals surface area contributed by atoms with Crippen LogP contribution in [0.2, 0.25) is 0 Å². The fourth-order valence-electron chi connectivity index (χ4n) is 4.24. The Balaban J connectivity index is 2.00. The van der Waals surface area contributed by atoms with E-state index >= 15 is 0 Å². The lowest BCUT2D eigenvalue weighted by Crippen LogP contribution is -2.32. The topological polar surface area (TPSA) is 9.23 Å². The fraction of sp³-hybridized carbons (Fsp3) is 0.143. The summed E-state index contributed by atoms with van der Waals surface area (Å²) in [6, 6.07) is 37.6. The largest absolute Gasteiger partial charge is 0.496 e. The van der Waals surface area contributed by atoms with Gasteiger partial charge in [-0.15, -0.1) is 0 Å². The SMILES string of the molecule is COc1cc(C[P+](c2ccccc2)(c2ccccc2)c2ccccc2)cc(C)c1C. The zero-order valence-corrected chi connectivity index (χ0v) is 18.8. The van der Waals surface area contributed by atoms with Crippen LogP contribution in [-0.4, -0.2) is 7.11 Å². The van der Waals surface area contributed by atoms with Crippen LogP contribution in [-0.2, 0) is 6.16 Å². The zero-order valence-electron chi connectivity index (χ0n) is 17.9. The average Bonchev–Trinajstić information content (AvgIpc) is 2.81. The molecule has 2 heteroatoms. The summed E-state index contributed by atoms with van der Waals surface area (Å²) >= 11 is 0. The molecular weight excluding hydrogens is 383 g/mol. The second-order valence-electron chi connectivity index (χ2n) is 7.71. The van der Waals surface area contributed by atoms with Gasteiger partial charge in [0.25, 0.3) is 0 Å². The van der Waals surface area contributed by atoms with E-state index in [0.717, 1.165) is 11.9 Å². The Morgan fingerprint density at radius 3 is 1.47 bits per heavy atom. The van der Waals surface area contributed by atoms with Gasteiger partial charge in [0.05, 0.1) is 13.3 Å². The predicted octanol–water partition coefficient (Wildman–Crippen LogP) is 5.81. The summed E-state index contributed by atoms with van der Waals surface area (Å²) in [6.07, 6.45) is 0.961. The molecule has 0 unspecified atom stereocenters. The van der Waals surface area contributed by atoms with Crippen LogP contribution in [0.3, 0.4) is 0 Å². The van der Waals surface area contributed by atoms with Crippen LogP contribution in [0, 0.1) is 13.8 Å². The third kappa shape index (κ3) is 3.78. The van der Waals surface area contributed by atoms with Crippen molar-refractivity contribution >= 4 is 23.2 Å². The molecule has 150 valence electrons. The molecule has 0 atom stereocenters. The molecule has 0 aliphatic heterocycles. The van der Waals surface area contributed by atoms with Crippen molar-refractivity contribution in [2.45, 2.75) is 20.0 Å².